The smallest absolute Gasteiger partial charge is 0.133 e. The first-order valence-electron chi connectivity index (χ1n) is 5.35. The van der Waals surface area contributed by atoms with Crippen molar-refractivity contribution in [3.8, 4) is 6.07 Å². The molecular weight excluding hydrogens is 194 g/mol. The van der Waals surface area contributed by atoms with Crippen LogP contribution in [0.2, 0.25) is 0 Å². The molecule has 2 aliphatic rings. The van der Waals surface area contributed by atoms with Gasteiger partial charge in [0, 0.05) is 19.4 Å². The van der Waals surface area contributed by atoms with Crippen LogP contribution in [0.4, 0.5) is 0 Å². The Morgan fingerprint density at radius 1 is 1.33 bits per heavy atom. The second kappa shape index (κ2) is 3.58. The molecule has 2 fully saturated rings. The second-order valence-electron chi connectivity index (χ2n) is 4.57. The maximum atomic E-state index is 11.1. The van der Waals surface area contributed by atoms with Gasteiger partial charge in [-0.25, -0.2) is 0 Å². The van der Waals surface area contributed by atoms with Gasteiger partial charge in [0.2, 0.25) is 0 Å². The van der Waals surface area contributed by atoms with Gasteiger partial charge in [-0.05, 0) is 19.3 Å². The van der Waals surface area contributed by atoms with Crippen molar-refractivity contribution in [2.75, 3.05) is 13.2 Å². The van der Waals surface area contributed by atoms with Crippen molar-refractivity contribution in [3.63, 3.8) is 0 Å². The van der Waals surface area contributed by atoms with Gasteiger partial charge >= 0.3 is 0 Å². The Labute approximate surface area is 88.8 Å². The fourth-order valence-electron chi connectivity index (χ4n) is 2.55. The number of hydrogen-bond donors (Lipinski definition) is 1. The van der Waals surface area contributed by atoms with E-state index in [1.165, 1.54) is 0 Å². The second-order valence-corrected chi connectivity index (χ2v) is 4.57. The Morgan fingerprint density at radius 3 is 2.47 bits per heavy atom. The van der Waals surface area contributed by atoms with E-state index in [1.807, 2.05) is 0 Å². The van der Waals surface area contributed by atoms with Gasteiger partial charge in [-0.2, -0.15) is 5.26 Å². The van der Waals surface area contributed by atoms with Gasteiger partial charge in [-0.1, -0.05) is 0 Å². The molecule has 1 aliphatic heterocycles. The van der Waals surface area contributed by atoms with Crippen LogP contribution in [-0.2, 0) is 9.53 Å². The lowest BCUT2D eigenvalue weighted by atomic mass is 9.65. The van der Waals surface area contributed by atoms with Crippen molar-refractivity contribution >= 4 is 5.78 Å². The summed E-state index contributed by atoms with van der Waals surface area (Å²) in [4.78, 5) is 11.1. The minimum absolute atomic E-state index is 0.187. The third-order valence-corrected chi connectivity index (χ3v) is 3.76. The Kier molecular flexibility index (Phi) is 2.53. The number of ketones is 1. The van der Waals surface area contributed by atoms with E-state index in [9.17, 15) is 15.2 Å². The highest BCUT2D eigenvalue weighted by Crippen LogP contribution is 2.46. The molecule has 4 nitrogen and oxygen atoms in total. The highest BCUT2D eigenvalue weighted by Gasteiger charge is 2.54. The standard InChI is InChI=1S/C11H15NO3/c12-7-10(5-6-15-8-10)11(14)3-1-9(13)2-4-11/h14H,1-6,8H2. The summed E-state index contributed by atoms with van der Waals surface area (Å²) in [6, 6.07) is 2.22. The van der Waals surface area contributed by atoms with E-state index in [1.54, 1.807) is 0 Å². The van der Waals surface area contributed by atoms with Crippen LogP contribution in [-0.4, -0.2) is 29.7 Å². The van der Waals surface area contributed by atoms with E-state index >= 15 is 0 Å². The third kappa shape index (κ3) is 1.56. The fraction of sp³-hybridized carbons (Fsp3) is 0.818. The first-order chi connectivity index (χ1) is 7.12. The van der Waals surface area contributed by atoms with Crippen molar-refractivity contribution in [3.05, 3.63) is 0 Å². The van der Waals surface area contributed by atoms with Crippen molar-refractivity contribution < 1.29 is 14.6 Å². The Bertz CT molecular complexity index is 302. The van der Waals surface area contributed by atoms with Crippen LogP contribution in [0.3, 0.4) is 0 Å². The molecule has 0 aromatic heterocycles. The van der Waals surface area contributed by atoms with Crippen molar-refractivity contribution in [2.24, 2.45) is 5.41 Å². The average Bonchev–Trinajstić information content (AvgIpc) is 2.73. The van der Waals surface area contributed by atoms with Crippen LogP contribution >= 0.6 is 0 Å². The van der Waals surface area contributed by atoms with Gasteiger partial charge in [-0.15, -0.1) is 0 Å². The number of rotatable bonds is 1. The molecule has 1 N–H and O–H groups in total. The van der Waals surface area contributed by atoms with Crippen molar-refractivity contribution in [2.45, 2.75) is 37.7 Å². The Balaban J connectivity index is 2.20. The van der Waals surface area contributed by atoms with Gasteiger partial charge in [0.1, 0.15) is 11.2 Å². The van der Waals surface area contributed by atoms with E-state index in [0.717, 1.165) is 0 Å². The van der Waals surface area contributed by atoms with Gasteiger partial charge < -0.3 is 9.84 Å². The molecule has 1 atom stereocenters. The number of carbonyl (C=O) groups excluding carboxylic acids is 1. The van der Waals surface area contributed by atoms with Crippen LogP contribution in [0.25, 0.3) is 0 Å². The number of aliphatic hydroxyl groups is 1. The topological polar surface area (TPSA) is 70.3 Å². The molecule has 0 spiro atoms. The number of carbonyl (C=O) groups is 1. The Morgan fingerprint density at radius 2 is 2.00 bits per heavy atom. The molecule has 0 radical (unpaired) electrons. The van der Waals surface area contributed by atoms with E-state index in [4.69, 9.17) is 4.74 Å². The quantitative estimate of drug-likeness (QED) is 0.693. The number of hydrogen-bond acceptors (Lipinski definition) is 4. The molecule has 0 aromatic rings. The van der Waals surface area contributed by atoms with Crippen LogP contribution in [0.1, 0.15) is 32.1 Å². The van der Waals surface area contributed by atoms with Gasteiger partial charge in [0.25, 0.3) is 0 Å². The van der Waals surface area contributed by atoms with Crippen LogP contribution in [0.5, 0.6) is 0 Å². The first kappa shape index (κ1) is 10.6. The monoisotopic (exact) mass is 209 g/mol. The molecule has 1 aliphatic carbocycles. The lowest BCUT2D eigenvalue weighted by Crippen LogP contribution is -2.50. The number of ether oxygens (including phenoxy) is 1. The summed E-state index contributed by atoms with van der Waals surface area (Å²) in [6.45, 7) is 0.831. The highest BCUT2D eigenvalue weighted by molar-refractivity contribution is 5.79. The molecule has 1 unspecified atom stereocenters. The van der Waals surface area contributed by atoms with E-state index in [2.05, 4.69) is 6.07 Å². The van der Waals surface area contributed by atoms with E-state index in [-0.39, 0.29) is 5.78 Å². The van der Waals surface area contributed by atoms with Crippen molar-refractivity contribution in [1.29, 1.82) is 5.26 Å². The zero-order chi connectivity index (χ0) is 10.9. The minimum Gasteiger partial charge on any atom is -0.388 e. The molecule has 15 heavy (non-hydrogen) atoms. The molecule has 0 aromatic carbocycles. The first-order valence-corrected chi connectivity index (χ1v) is 5.35. The van der Waals surface area contributed by atoms with Crippen LogP contribution in [0, 0.1) is 16.7 Å². The van der Waals surface area contributed by atoms with Crippen molar-refractivity contribution in [1.82, 2.24) is 0 Å². The number of nitrogens with zero attached hydrogens (tertiary/aromatic N) is 1. The van der Waals surface area contributed by atoms with E-state index in [0.29, 0.717) is 45.3 Å². The molecule has 0 bridgehead atoms. The molecule has 4 heteroatoms. The molecule has 1 heterocycles. The summed E-state index contributed by atoms with van der Waals surface area (Å²) < 4.78 is 5.23. The maximum absolute atomic E-state index is 11.1. The molecule has 82 valence electrons. The fourth-order valence-corrected chi connectivity index (χ4v) is 2.55. The number of Topliss-reactive ketones (excluding diaryl/α,β-unsaturated/α-hetero) is 1. The largest absolute Gasteiger partial charge is 0.388 e. The lowest BCUT2D eigenvalue weighted by Gasteiger charge is -2.41. The molecular formula is C11H15NO3. The minimum atomic E-state index is -1.02. The predicted octanol–water partition coefficient (Wildman–Crippen LogP) is 0.791. The van der Waals surface area contributed by atoms with Crippen LogP contribution < -0.4 is 0 Å². The van der Waals surface area contributed by atoms with Gasteiger partial charge in [0.05, 0.1) is 18.3 Å². The zero-order valence-electron chi connectivity index (χ0n) is 8.66. The normalized spacial score (nSPS) is 35.1. The summed E-state index contributed by atoms with van der Waals surface area (Å²) in [5.74, 6) is 0.187. The zero-order valence-corrected chi connectivity index (χ0v) is 8.66. The lowest BCUT2D eigenvalue weighted by molar-refractivity contribution is -0.132. The third-order valence-electron chi connectivity index (χ3n) is 3.76. The van der Waals surface area contributed by atoms with Gasteiger partial charge in [0.15, 0.2) is 0 Å². The van der Waals surface area contributed by atoms with Gasteiger partial charge in [-0.3, -0.25) is 4.79 Å². The van der Waals surface area contributed by atoms with Crippen LogP contribution in [0.15, 0.2) is 0 Å². The summed E-state index contributed by atoms with van der Waals surface area (Å²) >= 11 is 0. The highest BCUT2D eigenvalue weighted by atomic mass is 16.5. The molecule has 2 rings (SSSR count). The molecule has 1 saturated heterocycles. The summed E-state index contributed by atoms with van der Waals surface area (Å²) in [7, 11) is 0. The predicted molar refractivity (Wildman–Crippen MR) is 51.9 cm³/mol. The average molecular weight is 209 g/mol. The Hall–Kier alpha value is -0.920. The van der Waals surface area contributed by atoms with E-state index < -0.39 is 11.0 Å². The summed E-state index contributed by atoms with van der Waals surface area (Å²) in [5, 5.41) is 19.7. The SMILES string of the molecule is N#CC1(C2(O)CCC(=O)CC2)CCOC1. The summed E-state index contributed by atoms with van der Waals surface area (Å²) in [5.41, 5.74) is -1.81. The molecule has 1 saturated carbocycles. The molecule has 0 amide bonds. The summed E-state index contributed by atoms with van der Waals surface area (Å²) in [6.07, 6.45) is 2.17. The maximum Gasteiger partial charge on any atom is 0.133 e. The number of nitriles is 1.